The van der Waals surface area contributed by atoms with E-state index < -0.39 is 0 Å². The number of aromatic nitrogens is 2. The van der Waals surface area contributed by atoms with E-state index in [-0.39, 0.29) is 6.04 Å². The Bertz CT molecular complexity index is 487. The normalized spacial score (nSPS) is 12.6. The highest BCUT2D eigenvalue weighted by molar-refractivity contribution is 5.56. The smallest absolute Gasteiger partial charge is 0.244 e. The third-order valence-corrected chi connectivity index (χ3v) is 2.28. The lowest BCUT2D eigenvalue weighted by Crippen LogP contribution is -2.09. The van der Waals surface area contributed by atoms with Gasteiger partial charge in [0.1, 0.15) is 5.76 Å². The molecule has 2 heterocycles. The predicted molar refractivity (Wildman–Crippen MR) is 58.5 cm³/mol. The highest BCUT2D eigenvalue weighted by Gasteiger charge is 2.16. The lowest BCUT2D eigenvalue weighted by Gasteiger charge is -1.99. The predicted octanol–water partition coefficient (Wildman–Crippen LogP) is 2.21. The summed E-state index contributed by atoms with van der Waals surface area (Å²) in [5, 5.41) is 3.86. The van der Waals surface area contributed by atoms with E-state index in [4.69, 9.17) is 14.7 Å². The molecule has 5 nitrogen and oxygen atoms in total. The molecule has 0 radical (unpaired) electrons. The Balaban J connectivity index is 2.26. The topological polar surface area (TPSA) is 78.1 Å². The summed E-state index contributed by atoms with van der Waals surface area (Å²) in [4.78, 5) is 4.22. The minimum atomic E-state index is -0.300. The van der Waals surface area contributed by atoms with Crippen molar-refractivity contribution in [3.8, 4) is 11.4 Å². The molecule has 2 N–H and O–H groups in total. The first-order chi connectivity index (χ1) is 7.72. The highest BCUT2D eigenvalue weighted by Crippen LogP contribution is 2.23. The van der Waals surface area contributed by atoms with E-state index in [0.29, 0.717) is 18.1 Å². The molecule has 1 unspecified atom stereocenters. The van der Waals surface area contributed by atoms with Gasteiger partial charge in [0.2, 0.25) is 11.7 Å². The van der Waals surface area contributed by atoms with Crippen LogP contribution in [-0.2, 0) is 0 Å². The second-order valence-corrected chi connectivity index (χ2v) is 3.48. The van der Waals surface area contributed by atoms with Gasteiger partial charge < -0.3 is 14.7 Å². The molecule has 0 bridgehead atoms. The maximum Gasteiger partial charge on any atom is 0.244 e. The Labute approximate surface area is 92.9 Å². The lowest BCUT2D eigenvalue weighted by molar-refractivity contribution is 0.356. The van der Waals surface area contributed by atoms with Gasteiger partial charge in [-0.15, -0.1) is 6.58 Å². The minimum absolute atomic E-state index is 0.300. The van der Waals surface area contributed by atoms with E-state index in [1.54, 1.807) is 18.4 Å². The first kappa shape index (κ1) is 10.6. The van der Waals surface area contributed by atoms with Crippen molar-refractivity contribution < 1.29 is 8.94 Å². The molecule has 0 saturated heterocycles. The Morgan fingerprint density at radius 2 is 2.44 bits per heavy atom. The van der Waals surface area contributed by atoms with Crippen molar-refractivity contribution in [2.45, 2.75) is 19.4 Å². The van der Waals surface area contributed by atoms with Gasteiger partial charge in [-0.25, -0.2) is 0 Å². The molecule has 0 aliphatic rings. The second kappa shape index (κ2) is 4.32. The number of furan rings is 1. The van der Waals surface area contributed by atoms with Gasteiger partial charge in [-0.2, -0.15) is 4.98 Å². The molecule has 5 heteroatoms. The van der Waals surface area contributed by atoms with Gasteiger partial charge in [-0.1, -0.05) is 11.2 Å². The Hall–Kier alpha value is -1.88. The Morgan fingerprint density at radius 1 is 1.62 bits per heavy atom. The molecule has 0 amide bonds. The molecule has 0 spiro atoms. The van der Waals surface area contributed by atoms with E-state index in [2.05, 4.69) is 16.7 Å². The van der Waals surface area contributed by atoms with Crippen molar-refractivity contribution in [2.75, 3.05) is 0 Å². The van der Waals surface area contributed by atoms with Crippen molar-refractivity contribution in [3.63, 3.8) is 0 Å². The van der Waals surface area contributed by atoms with E-state index in [9.17, 15) is 0 Å². The third kappa shape index (κ3) is 1.90. The van der Waals surface area contributed by atoms with Gasteiger partial charge in [-0.05, 0) is 19.4 Å². The van der Waals surface area contributed by atoms with Crippen molar-refractivity contribution >= 4 is 0 Å². The van der Waals surface area contributed by atoms with Gasteiger partial charge in [-0.3, -0.25) is 0 Å². The quantitative estimate of drug-likeness (QED) is 0.797. The van der Waals surface area contributed by atoms with Crippen molar-refractivity contribution in [3.05, 3.63) is 36.6 Å². The molecular formula is C11H13N3O2. The van der Waals surface area contributed by atoms with E-state index in [1.165, 1.54) is 0 Å². The van der Waals surface area contributed by atoms with Gasteiger partial charge >= 0.3 is 0 Å². The second-order valence-electron chi connectivity index (χ2n) is 3.48. The molecular weight excluding hydrogens is 206 g/mol. The SMILES string of the molecule is C=CCC(N)c1nc(-c2ccoc2C)no1. The van der Waals surface area contributed by atoms with Crippen LogP contribution in [0.4, 0.5) is 0 Å². The molecule has 2 aromatic rings. The number of nitrogens with two attached hydrogens (primary N) is 1. The van der Waals surface area contributed by atoms with Crippen molar-refractivity contribution in [1.82, 2.24) is 10.1 Å². The first-order valence-electron chi connectivity index (χ1n) is 4.97. The van der Waals surface area contributed by atoms with Crippen LogP contribution in [-0.4, -0.2) is 10.1 Å². The molecule has 0 aliphatic carbocycles. The summed E-state index contributed by atoms with van der Waals surface area (Å²) in [6.45, 7) is 5.45. The number of hydrogen-bond donors (Lipinski definition) is 1. The van der Waals surface area contributed by atoms with Crippen LogP contribution in [0.2, 0.25) is 0 Å². The summed E-state index contributed by atoms with van der Waals surface area (Å²) in [6.07, 6.45) is 3.91. The van der Waals surface area contributed by atoms with Crippen LogP contribution < -0.4 is 5.73 Å². The average Bonchev–Trinajstić information content (AvgIpc) is 2.86. The maximum absolute atomic E-state index is 5.82. The number of rotatable bonds is 4. The van der Waals surface area contributed by atoms with Crippen LogP contribution in [0, 0.1) is 6.92 Å². The van der Waals surface area contributed by atoms with Crippen LogP contribution in [0.15, 0.2) is 33.9 Å². The van der Waals surface area contributed by atoms with E-state index >= 15 is 0 Å². The van der Waals surface area contributed by atoms with Crippen LogP contribution in [0.3, 0.4) is 0 Å². The Kier molecular flexibility index (Phi) is 2.87. The summed E-state index contributed by atoms with van der Waals surface area (Å²) in [7, 11) is 0. The Morgan fingerprint density at radius 3 is 3.06 bits per heavy atom. The van der Waals surface area contributed by atoms with Crippen molar-refractivity contribution in [2.24, 2.45) is 5.73 Å². The standard InChI is InChI=1S/C11H13N3O2/c1-3-4-9(12)11-13-10(14-16-11)8-5-6-15-7(8)2/h3,5-6,9H,1,4,12H2,2H3. The minimum Gasteiger partial charge on any atom is -0.469 e. The monoisotopic (exact) mass is 219 g/mol. The maximum atomic E-state index is 5.82. The summed E-state index contributed by atoms with van der Waals surface area (Å²) >= 11 is 0. The molecule has 0 aliphatic heterocycles. The molecule has 0 aromatic carbocycles. The molecule has 2 rings (SSSR count). The van der Waals surface area contributed by atoms with Crippen LogP contribution in [0.25, 0.3) is 11.4 Å². The summed E-state index contributed by atoms with van der Waals surface area (Å²) in [6, 6.07) is 1.49. The number of aryl methyl sites for hydroxylation is 1. The van der Waals surface area contributed by atoms with Crippen LogP contribution in [0.1, 0.15) is 24.1 Å². The fourth-order valence-electron chi connectivity index (χ4n) is 1.39. The van der Waals surface area contributed by atoms with Gasteiger partial charge in [0.05, 0.1) is 17.9 Å². The summed E-state index contributed by atoms with van der Waals surface area (Å²) in [5.74, 6) is 1.67. The fourth-order valence-corrected chi connectivity index (χ4v) is 1.39. The first-order valence-corrected chi connectivity index (χ1v) is 4.97. The largest absolute Gasteiger partial charge is 0.469 e. The summed E-state index contributed by atoms with van der Waals surface area (Å²) in [5.41, 5.74) is 6.64. The zero-order valence-electron chi connectivity index (χ0n) is 9.01. The molecule has 84 valence electrons. The zero-order valence-corrected chi connectivity index (χ0v) is 9.01. The number of hydrogen-bond acceptors (Lipinski definition) is 5. The summed E-state index contributed by atoms with van der Waals surface area (Å²) < 4.78 is 10.2. The van der Waals surface area contributed by atoms with E-state index in [0.717, 1.165) is 11.3 Å². The zero-order chi connectivity index (χ0) is 11.5. The number of nitrogens with zero attached hydrogens (tertiary/aromatic N) is 2. The van der Waals surface area contributed by atoms with Gasteiger partial charge in [0.15, 0.2) is 0 Å². The molecule has 0 saturated carbocycles. The third-order valence-electron chi connectivity index (χ3n) is 2.28. The van der Waals surface area contributed by atoms with E-state index in [1.807, 2.05) is 6.92 Å². The van der Waals surface area contributed by atoms with Gasteiger partial charge in [0, 0.05) is 0 Å². The lowest BCUT2D eigenvalue weighted by atomic mass is 10.2. The molecule has 1 atom stereocenters. The molecule has 0 fully saturated rings. The molecule has 2 aromatic heterocycles. The van der Waals surface area contributed by atoms with Gasteiger partial charge in [0.25, 0.3) is 0 Å². The van der Waals surface area contributed by atoms with Crippen LogP contribution >= 0.6 is 0 Å². The fraction of sp³-hybridized carbons (Fsp3) is 0.273. The van der Waals surface area contributed by atoms with Crippen molar-refractivity contribution in [1.29, 1.82) is 0 Å². The average molecular weight is 219 g/mol. The molecule has 16 heavy (non-hydrogen) atoms. The highest BCUT2D eigenvalue weighted by atomic mass is 16.5. The van der Waals surface area contributed by atoms with Crippen LogP contribution in [0.5, 0.6) is 0 Å².